The average Bonchev–Trinajstić information content (AvgIpc) is 3.21. The van der Waals surface area contributed by atoms with Gasteiger partial charge in [0.25, 0.3) is 5.56 Å². The van der Waals surface area contributed by atoms with Crippen molar-refractivity contribution in [1.82, 2.24) is 4.57 Å². The van der Waals surface area contributed by atoms with Gasteiger partial charge in [-0.3, -0.25) is 9.36 Å². The van der Waals surface area contributed by atoms with E-state index >= 15 is 0 Å². The molecule has 0 fully saturated rings. The van der Waals surface area contributed by atoms with Gasteiger partial charge in [0.15, 0.2) is 16.3 Å². The van der Waals surface area contributed by atoms with Crippen LogP contribution in [0.5, 0.6) is 11.5 Å². The summed E-state index contributed by atoms with van der Waals surface area (Å²) in [5.74, 6) is -0.125. The Kier molecular flexibility index (Phi) is 8.69. The predicted molar refractivity (Wildman–Crippen MR) is 145 cm³/mol. The van der Waals surface area contributed by atoms with Crippen LogP contribution in [0.1, 0.15) is 50.3 Å². The first-order valence-electron chi connectivity index (χ1n) is 12.2. The number of aromatic nitrogens is 1. The maximum Gasteiger partial charge on any atom is 0.338 e. The van der Waals surface area contributed by atoms with Gasteiger partial charge >= 0.3 is 5.97 Å². The summed E-state index contributed by atoms with van der Waals surface area (Å²) in [5.41, 5.74) is 0.900. The van der Waals surface area contributed by atoms with E-state index in [0.29, 0.717) is 34.2 Å². The van der Waals surface area contributed by atoms with Gasteiger partial charge in [-0.25, -0.2) is 14.2 Å². The van der Waals surface area contributed by atoms with Crippen molar-refractivity contribution in [1.29, 1.82) is 0 Å². The Balaban J connectivity index is 1.88. The molecule has 7 nitrogen and oxygen atoms in total. The number of halogens is 2. The van der Waals surface area contributed by atoms with Gasteiger partial charge in [-0.1, -0.05) is 54.8 Å². The van der Waals surface area contributed by atoms with Gasteiger partial charge in [-0.2, -0.15) is 0 Å². The molecule has 0 saturated heterocycles. The molecule has 0 spiro atoms. The Bertz CT molecular complexity index is 1560. The Morgan fingerprint density at radius 1 is 1.21 bits per heavy atom. The predicted octanol–water partition coefficient (Wildman–Crippen LogP) is 4.78. The van der Waals surface area contributed by atoms with Gasteiger partial charge in [-0.15, -0.1) is 0 Å². The van der Waals surface area contributed by atoms with Gasteiger partial charge in [0, 0.05) is 5.56 Å². The SMILES string of the molecule is CCCCCOc1ccc(C2C(C(=O)OC)=C(C)N=c3sc(=Cc4c(F)cccc4Cl)c(=O)n32)cc1OC. The second-order valence-electron chi connectivity index (χ2n) is 8.67. The van der Waals surface area contributed by atoms with Crippen molar-refractivity contribution < 1.29 is 23.4 Å². The van der Waals surface area contributed by atoms with Crippen LogP contribution in [0, 0.1) is 5.82 Å². The average molecular weight is 559 g/mol. The van der Waals surface area contributed by atoms with Crippen molar-refractivity contribution >= 4 is 35.0 Å². The Hall–Kier alpha value is -3.43. The summed E-state index contributed by atoms with van der Waals surface area (Å²) in [7, 11) is 2.81. The molecule has 0 bridgehead atoms. The summed E-state index contributed by atoms with van der Waals surface area (Å²) >= 11 is 7.28. The van der Waals surface area contributed by atoms with E-state index in [9.17, 15) is 14.0 Å². The third kappa shape index (κ3) is 5.39. The first-order valence-corrected chi connectivity index (χ1v) is 13.4. The fraction of sp³-hybridized carbons (Fsp3) is 0.321. The van der Waals surface area contributed by atoms with Crippen LogP contribution in [0.4, 0.5) is 4.39 Å². The second-order valence-corrected chi connectivity index (χ2v) is 10.1. The van der Waals surface area contributed by atoms with E-state index in [0.717, 1.165) is 30.6 Å². The summed E-state index contributed by atoms with van der Waals surface area (Å²) in [6.07, 6.45) is 4.46. The van der Waals surface area contributed by atoms with Gasteiger partial charge in [0.1, 0.15) is 5.82 Å². The zero-order valence-corrected chi connectivity index (χ0v) is 23.1. The molecule has 0 saturated carbocycles. The zero-order valence-electron chi connectivity index (χ0n) is 21.5. The Labute approximate surface area is 228 Å². The molecular formula is C28H28ClFN2O5S. The number of esters is 1. The van der Waals surface area contributed by atoms with Gasteiger partial charge in [0.2, 0.25) is 0 Å². The number of ether oxygens (including phenoxy) is 3. The minimum atomic E-state index is -0.847. The number of methoxy groups -OCH3 is 2. The van der Waals surface area contributed by atoms with Crippen molar-refractivity contribution in [3.63, 3.8) is 0 Å². The topological polar surface area (TPSA) is 79.1 Å². The Morgan fingerprint density at radius 2 is 2.00 bits per heavy atom. The monoisotopic (exact) mass is 558 g/mol. The second kappa shape index (κ2) is 12.0. The highest BCUT2D eigenvalue weighted by Crippen LogP contribution is 2.36. The number of thiazole rings is 1. The molecule has 0 radical (unpaired) electrons. The quantitative estimate of drug-likeness (QED) is 0.279. The lowest BCUT2D eigenvalue weighted by molar-refractivity contribution is -0.136. The van der Waals surface area contributed by atoms with Crippen LogP contribution in [-0.4, -0.2) is 31.4 Å². The van der Waals surface area contributed by atoms with E-state index in [1.807, 2.05) is 0 Å². The van der Waals surface area contributed by atoms with Gasteiger partial charge < -0.3 is 14.2 Å². The smallest absolute Gasteiger partial charge is 0.338 e. The minimum absolute atomic E-state index is 0.103. The van der Waals surface area contributed by atoms with Crippen LogP contribution >= 0.6 is 22.9 Å². The number of benzene rings is 2. The molecule has 0 amide bonds. The van der Waals surface area contributed by atoms with Crippen molar-refractivity contribution in [2.75, 3.05) is 20.8 Å². The summed E-state index contributed by atoms with van der Waals surface area (Å²) in [6.45, 7) is 4.35. The lowest BCUT2D eigenvalue weighted by Gasteiger charge is -2.25. The fourth-order valence-corrected chi connectivity index (χ4v) is 5.54. The van der Waals surface area contributed by atoms with E-state index in [1.165, 1.54) is 37.0 Å². The summed E-state index contributed by atoms with van der Waals surface area (Å²) in [4.78, 5) is 31.5. The number of carbonyl (C=O) groups is 1. The molecule has 0 N–H and O–H groups in total. The maximum atomic E-state index is 14.5. The van der Waals surface area contributed by atoms with Crippen LogP contribution in [0.15, 0.2) is 57.5 Å². The van der Waals surface area contributed by atoms with E-state index in [4.69, 9.17) is 25.8 Å². The molecule has 1 aromatic heterocycles. The zero-order chi connectivity index (χ0) is 27.4. The number of nitrogens with zero attached hydrogens (tertiary/aromatic N) is 2. The highest BCUT2D eigenvalue weighted by molar-refractivity contribution is 7.07. The molecule has 0 aliphatic carbocycles. The third-order valence-corrected chi connectivity index (χ3v) is 7.52. The van der Waals surface area contributed by atoms with Crippen LogP contribution in [-0.2, 0) is 9.53 Å². The molecule has 2 aromatic carbocycles. The first kappa shape index (κ1) is 27.6. The lowest BCUT2D eigenvalue weighted by Crippen LogP contribution is -2.39. The number of rotatable bonds is 9. The van der Waals surface area contributed by atoms with Crippen molar-refractivity contribution in [3.8, 4) is 11.5 Å². The van der Waals surface area contributed by atoms with Crippen LogP contribution in [0.3, 0.4) is 0 Å². The molecule has 2 heterocycles. The molecule has 1 atom stereocenters. The number of unbranched alkanes of at least 4 members (excludes halogenated alkanes) is 2. The van der Waals surface area contributed by atoms with Crippen LogP contribution < -0.4 is 24.4 Å². The van der Waals surface area contributed by atoms with Gasteiger partial charge in [0.05, 0.1) is 47.7 Å². The molecule has 200 valence electrons. The van der Waals surface area contributed by atoms with E-state index in [-0.39, 0.29) is 20.7 Å². The van der Waals surface area contributed by atoms with Crippen LogP contribution in [0.25, 0.3) is 6.08 Å². The maximum absolute atomic E-state index is 14.5. The molecule has 10 heteroatoms. The van der Waals surface area contributed by atoms with Crippen LogP contribution in [0.2, 0.25) is 5.02 Å². The molecule has 1 aliphatic heterocycles. The lowest BCUT2D eigenvalue weighted by atomic mass is 9.95. The molecule has 38 heavy (non-hydrogen) atoms. The molecule has 4 rings (SSSR count). The normalized spacial score (nSPS) is 15.2. The highest BCUT2D eigenvalue weighted by atomic mass is 35.5. The third-order valence-electron chi connectivity index (χ3n) is 6.21. The van der Waals surface area contributed by atoms with Crippen molar-refractivity contribution in [2.24, 2.45) is 4.99 Å². The molecule has 1 aliphatic rings. The number of fused-ring (bicyclic) bond motifs is 1. The Morgan fingerprint density at radius 3 is 2.68 bits per heavy atom. The summed E-state index contributed by atoms with van der Waals surface area (Å²) < 4.78 is 32.7. The number of carbonyl (C=O) groups excluding carboxylic acids is 1. The van der Waals surface area contributed by atoms with Crippen molar-refractivity contribution in [3.05, 3.63) is 89.3 Å². The van der Waals surface area contributed by atoms with E-state index in [2.05, 4.69) is 11.9 Å². The minimum Gasteiger partial charge on any atom is -0.493 e. The van der Waals surface area contributed by atoms with Gasteiger partial charge in [-0.05, 0) is 49.2 Å². The fourth-order valence-electron chi connectivity index (χ4n) is 4.30. The number of allylic oxidation sites excluding steroid dienone is 1. The standard InChI is InChI=1S/C28H28ClFN2O5S/c1-5-6-7-13-37-21-12-11-17(14-22(21)35-3)25-24(27(34)36-4)16(2)31-28-32(25)26(33)23(38-28)15-18-19(29)9-8-10-20(18)30/h8-12,14-15,25H,5-7,13H2,1-4H3. The first-order chi connectivity index (χ1) is 18.3. The van der Waals surface area contributed by atoms with Crippen molar-refractivity contribution in [2.45, 2.75) is 39.2 Å². The van der Waals surface area contributed by atoms with E-state index in [1.54, 1.807) is 31.2 Å². The molecule has 3 aromatic rings. The van der Waals surface area contributed by atoms with E-state index < -0.39 is 23.4 Å². The molecular weight excluding hydrogens is 531 g/mol. The highest BCUT2D eigenvalue weighted by Gasteiger charge is 2.33. The number of hydrogen-bond donors (Lipinski definition) is 0. The largest absolute Gasteiger partial charge is 0.493 e. The molecule has 1 unspecified atom stereocenters. The summed E-state index contributed by atoms with van der Waals surface area (Å²) in [6, 6.07) is 8.76. The number of hydrogen-bond acceptors (Lipinski definition) is 7. The summed E-state index contributed by atoms with van der Waals surface area (Å²) in [5, 5.41) is 0.179.